The van der Waals surface area contributed by atoms with Crippen LogP contribution in [0.25, 0.3) is 0 Å². The minimum Gasteiger partial charge on any atom is -0.360 e. The summed E-state index contributed by atoms with van der Waals surface area (Å²) in [5.74, 6) is -0.998. The molecule has 2 fully saturated rings. The minimum atomic E-state index is -0.629. The van der Waals surface area contributed by atoms with Gasteiger partial charge >= 0.3 is 0 Å². The molecule has 3 aliphatic rings. The van der Waals surface area contributed by atoms with Crippen LogP contribution in [-0.2, 0) is 20.9 Å². The summed E-state index contributed by atoms with van der Waals surface area (Å²) in [6.45, 7) is 4.27. The number of aryl methyl sites for hydroxylation is 1. The average Bonchev–Trinajstić information content (AvgIpc) is 3.29. The molecule has 1 aromatic heterocycles. The van der Waals surface area contributed by atoms with E-state index in [0.717, 1.165) is 6.42 Å². The van der Waals surface area contributed by atoms with Crippen LogP contribution in [0.1, 0.15) is 19.8 Å². The maximum absolute atomic E-state index is 12.8. The van der Waals surface area contributed by atoms with E-state index in [9.17, 15) is 14.4 Å². The largest absolute Gasteiger partial charge is 0.360 e. The van der Waals surface area contributed by atoms with Gasteiger partial charge in [0, 0.05) is 31.9 Å². The highest BCUT2D eigenvalue weighted by atomic mass is 16.5. The van der Waals surface area contributed by atoms with E-state index in [-0.39, 0.29) is 23.5 Å². The van der Waals surface area contributed by atoms with E-state index >= 15 is 0 Å². The number of likely N-dealkylation sites (tertiary alicyclic amines) is 1. The van der Waals surface area contributed by atoms with Gasteiger partial charge in [-0.25, -0.2) is 0 Å². The Hall–Kier alpha value is -2.41. The third-order valence-electron chi connectivity index (χ3n) is 5.75. The van der Waals surface area contributed by atoms with Crippen LogP contribution in [0.5, 0.6) is 0 Å². The van der Waals surface area contributed by atoms with E-state index in [1.165, 1.54) is 6.07 Å². The van der Waals surface area contributed by atoms with Crippen LogP contribution in [0.2, 0.25) is 0 Å². The summed E-state index contributed by atoms with van der Waals surface area (Å²) in [5.41, 5.74) is -0.680. The van der Waals surface area contributed by atoms with Crippen molar-refractivity contribution in [2.75, 3.05) is 19.6 Å². The molecule has 2 amide bonds. The number of hydrogen-bond donors (Lipinski definition) is 1. The standard InChI is InChI=1S/C20H25N3O4/c1-2-10-23-13-20-8-7-14(27-20)16(17(20)19(23)26)18(25)21-9-5-12-22-11-4-3-6-15(22)24/h3-4,6-8,11,14,16-17H,2,5,9-10,12-13H2,1H3,(H,21,25)/t14-,16-,17+,20-/m1/s1. The van der Waals surface area contributed by atoms with Gasteiger partial charge in [0.2, 0.25) is 17.4 Å². The Morgan fingerprint density at radius 1 is 1.33 bits per heavy atom. The van der Waals surface area contributed by atoms with Gasteiger partial charge in [-0.05, 0) is 18.9 Å². The molecule has 144 valence electrons. The van der Waals surface area contributed by atoms with E-state index in [0.29, 0.717) is 32.6 Å². The number of fused-ring (bicyclic) bond motifs is 1. The Bertz CT molecular complexity index is 833. The van der Waals surface area contributed by atoms with E-state index in [2.05, 4.69) is 5.32 Å². The van der Waals surface area contributed by atoms with Gasteiger partial charge < -0.3 is 19.5 Å². The van der Waals surface area contributed by atoms with Crippen LogP contribution in [0.3, 0.4) is 0 Å². The lowest BCUT2D eigenvalue weighted by Crippen LogP contribution is -2.44. The molecule has 1 N–H and O–H groups in total. The molecule has 2 bridgehead atoms. The molecule has 3 aliphatic heterocycles. The lowest BCUT2D eigenvalue weighted by molar-refractivity contribution is -0.137. The molecule has 27 heavy (non-hydrogen) atoms. The molecule has 0 aliphatic carbocycles. The maximum Gasteiger partial charge on any atom is 0.250 e. The number of rotatable bonds is 7. The van der Waals surface area contributed by atoms with Crippen LogP contribution in [0.15, 0.2) is 41.3 Å². The van der Waals surface area contributed by atoms with E-state index in [1.807, 2.05) is 30.0 Å². The molecule has 7 nitrogen and oxygen atoms in total. The second-order valence-corrected chi connectivity index (χ2v) is 7.54. The van der Waals surface area contributed by atoms with Crippen molar-refractivity contribution in [1.82, 2.24) is 14.8 Å². The maximum atomic E-state index is 12.8. The number of nitrogens with zero attached hydrogens (tertiary/aromatic N) is 2. The first kappa shape index (κ1) is 18.0. The van der Waals surface area contributed by atoms with E-state index in [4.69, 9.17) is 4.74 Å². The van der Waals surface area contributed by atoms with Crippen molar-refractivity contribution < 1.29 is 14.3 Å². The molecule has 0 radical (unpaired) electrons. The summed E-state index contributed by atoms with van der Waals surface area (Å²) in [6, 6.07) is 5.04. The zero-order valence-corrected chi connectivity index (χ0v) is 15.5. The number of pyridine rings is 1. The Kier molecular flexibility index (Phi) is 4.63. The predicted octanol–water partition coefficient (Wildman–Crippen LogP) is 0.547. The first-order chi connectivity index (χ1) is 13.1. The highest BCUT2D eigenvalue weighted by Crippen LogP contribution is 2.51. The third-order valence-corrected chi connectivity index (χ3v) is 5.75. The summed E-state index contributed by atoms with van der Waals surface area (Å²) >= 11 is 0. The normalized spacial score (nSPS) is 30.8. The fourth-order valence-electron chi connectivity index (χ4n) is 4.56. The topological polar surface area (TPSA) is 80.6 Å². The van der Waals surface area contributed by atoms with Gasteiger partial charge in [-0.1, -0.05) is 25.1 Å². The van der Waals surface area contributed by atoms with Gasteiger partial charge in [-0.3, -0.25) is 14.4 Å². The Labute approximate surface area is 158 Å². The number of carbonyl (C=O) groups excluding carboxylic acids is 2. The van der Waals surface area contributed by atoms with Gasteiger partial charge in [-0.2, -0.15) is 0 Å². The highest BCUT2D eigenvalue weighted by molar-refractivity contribution is 5.93. The Morgan fingerprint density at radius 2 is 2.19 bits per heavy atom. The number of nitrogens with one attached hydrogen (secondary N) is 1. The van der Waals surface area contributed by atoms with Crippen LogP contribution in [0, 0.1) is 11.8 Å². The minimum absolute atomic E-state index is 0.0275. The number of hydrogen-bond acceptors (Lipinski definition) is 4. The zero-order valence-electron chi connectivity index (χ0n) is 15.5. The van der Waals surface area contributed by atoms with Crippen molar-refractivity contribution in [3.05, 3.63) is 46.9 Å². The molecule has 2 saturated heterocycles. The number of amides is 2. The first-order valence-electron chi connectivity index (χ1n) is 9.65. The summed E-state index contributed by atoms with van der Waals surface area (Å²) < 4.78 is 7.69. The smallest absolute Gasteiger partial charge is 0.250 e. The van der Waals surface area contributed by atoms with Crippen LogP contribution in [-0.4, -0.2) is 52.6 Å². The molecule has 4 atom stereocenters. The molecule has 1 spiro atoms. The fourth-order valence-corrected chi connectivity index (χ4v) is 4.56. The van der Waals surface area contributed by atoms with Gasteiger partial charge in [0.25, 0.3) is 0 Å². The van der Waals surface area contributed by atoms with Crippen molar-refractivity contribution in [3.8, 4) is 0 Å². The van der Waals surface area contributed by atoms with Crippen LogP contribution >= 0.6 is 0 Å². The summed E-state index contributed by atoms with van der Waals surface area (Å²) in [7, 11) is 0. The van der Waals surface area contributed by atoms with Gasteiger partial charge in [-0.15, -0.1) is 0 Å². The summed E-state index contributed by atoms with van der Waals surface area (Å²) in [5, 5.41) is 2.94. The van der Waals surface area contributed by atoms with Crippen LogP contribution in [0.4, 0.5) is 0 Å². The number of ether oxygens (including phenoxy) is 1. The predicted molar refractivity (Wildman–Crippen MR) is 98.9 cm³/mol. The quantitative estimate of drug-likeness (QED) is 0.561. The number of carbonyl (C=O) groups is 2. The molecule has 0 saturated carbocycles. The average molecular weight is 371 g/mol. The van der Waals surface area contributed by atoms with Gasteiger partial charge in [0.15, 0.2) is 0 Å². The van der Waals surface area contributed by atoms with Gasteiger partial charge in [0.05, 0.1) is 24.5 Å². The molecular weight excluding hydrogens is 346 g/mol. The van der Waals surface area contributed by atoms with Crippen molar-refractivity contribution in [2.45, 2.75) is 38.0 Å². The molecule has 0 unspecified atom stereocenters. The monoisotopic (exact) mass is 371 g/mol. The van der Waals surface area contributed by atoms with Crippen molar-refractivity contribution in [2.24, 2.45) is 11.8 Å². The highest BCUT2D eigenvalue weighted by Gasteiger charge is 2.66. The number of aromatic nitrogens is 1. The molecule has 4 rings (SSSR count). The van der Waals surface area contributed by atoms with Crippen molar-refractivity contribution >= 4 is 11.8 Å². The lowest BCUT2D eigenvalue weighted by atomic mass is 9.77. The van der Waals surface area contributed by atoms with Crippen molar-refractivity contribution in [3.63, 3.8) is 0 Å². The van der Waals surface area contributed by atoms with E-state index < -0.39 is 17.4 Å². The van der Waals surface area contributed by atoms with Crippen LogP contribution < -0.4 is 10.9 Å². The zero-order chi connectivity index (χ0) is 19.0. The Balaban J connectivity index is 1.37. The van der Waals surface area contributed by atoms with Crippen molar-refractivity contribution in [1.29, 1.82) is 0 Å². The molecule has 0 aromatic carbocycles. The van der Waals surface area contributed by atoms with E-state index in [1.54, 1.807) is 16.8 Å². The summed E-state index contributed by atoms with van der Waals surface area (Å²) in [4.78, 5) is 39.1. The molecule has 7 heteroatoms. The Morgan fingerprint density at radius 3 is 2.96 bits per heavy atom. The molecule has 1 aromatic rings. The third kappa shape index (κ3) is 3.00. The first-order valence-corrected chi connectivity index (χ1v) is 9.65. The second kappa shape index (κ2) is 6.96. The lowest BCUT2D eigenvalue weighted by Gasteiger charge is -2.23. The SMILES string of the molecule is CCCN1C[C@@]23C=C[C@@H](O2)[C@@H](C(=O)NCCCn2ccccc2=O)[C@H]3C1=O. The second-order valence-electron chi connectivity index (χ2n) is 7.54. The molecule has 4 heterocycles. The fraction of sp³-hybridized carbons (Fsp3) is 0.550. The van der Waals surface area contributed by atoms with Gasteiger partial charge in [0.1, 0.15) is 5.60 Å². The summed E-state index contributed by atoms with van der Waals surface area (Å²) in [6.07, 6.45) is 6.85. The molecular formula is C20H25N3O4.